The van der Waals surface area contributed by atoms with Gasteiger partial charge in [-0.1, -0.05) is 60.2 Å². The summed E-state index contributed by atoms with van der Waals surface area (Å²) in [5.74, 6) is -1.20. The molecular weight excluding hydrogens is 385 g/mol. The van der Waals surface area contributed by atoms with Gasteiger partial charge >= 0.3 is 21.6 Å². The van der Waals surface area contributed by atoms with Crippen molar-refractivity contribution in [1.82, 2.24) is 0 Å². The highest BCUT2D eigenvalue weighted by molar-refractivity contribution is 7.87. The molecule has 0 aromatic heterocycles. The van der Waals surface area contributed by atoms with Gasteiger partial charge in [0.05, 0.1) is 0 Å². The third-order valence-electron chi connectivity index (χ3n) is 3.52. The van der Waals surface area contributed by atoms with Crippen LogP contribution in [-0.2, 0) is 36.9 Å². The van der Waals surface area contributed by atoms with Crippen LogP contribution in [0.4, 0.5) is 13.2 Å². The van der Waals surface area contributed by atoms with Crippen LogP contribution in [0.15, 0.2) is 54.6 Å². The molecule has 0 radical (unpaired) electrons. The molecule has 0 aliphatic heterocycles. The number of hydrogen-bond donors (Lipinski definition) is 0. The Hall–Kier alpha value is -2.39. The number of hydrogen-bond acceptors (Lipinski definition) is 5. The molecule has 0 amide bonds. The summed E-state index contributed by atoms with van der Waals surface area (Å²) in [5.41, 5.74) is -3.81. The summed E-state index contributed by atoms with van der Waals surface area (Å²) in [4.78, 5) is 12.2. The standard InChI is InChI=1S/C18H17F3O5S/c1-13-6-5-9-15(10-13)11-16(26-27(23,24)18(19,20)21)17(22)25-12-14-7-3-2-4-8-14/h2-10,16H,11-12H2,1H3. The SMILES string of the molecule is Cc1cccc(CC(OS(=O)(=O)C(F)(F)F)C(=O)OCc2ccccc2)c1. The molecule has 1 atom stereocenters. The quantitative estimate of drug-likeness (QED) is 0.403. The molecule has 5 nitrogen and oxygen atoms in total. The van der Waals surface area contributed by atoms with Crippen LogP contribution >= 0.6 is 0 Å². The molecule has 0 bridgehead atoms. The van der Waals surface area contributed by atoms with Crippen molar-refractivity contribution in [1.29, 1.82) is 0 Å². The molecule has 0 saturated heterocycles. The number of rotatable bonds is 7. The zero-order chi connectivity index (χ0) is 20.1. The number of carbonyl (C=O) groups is 1. The Labute approximate surface area is 154 Å². The van der Waals surface area contributed by atoms with Gasteiger partial charge in [-0.3, -0.25) is 0 Å². The van der Waals surface area contributed by atoms with E-state index in [2.05, 4.69) is 4.18 Å². The lowest BCUT2D eigenvalue weighted by atomic mass is 10.1. The molecule has 2 aromatic rings. The van der Waals surface area contributed by atoms with E-state index in [4.69, 9.17) is 4.74 Å². The molecule has 0 fully saturated rings. The van der Waals surface area contributed by atoms with Crippen molar-refractivity contribution in [3.05, 3.63) is 71.3 Å². The molecule has 0 aliphatic rings. The van der Waals surface area contributed by atoms with E-state index in [1.165, 1.54) is 0 Å². The lowest BCUT2D eigenvalue weighted by Gasteiger charge is -2.18. The summed E-state index contributed by atoms with van der Waals surface area (Å²) in [6.45, 7) is 1.53. The predicted molar refractivity (Wildman–Crippen MR) is 91.0 cm³/mol. The summed E-state index contributed by atoms with van der Waals surface area (Å²) >= 11 is 0. The van der Waals surface area contributed by atoms with Crippen molar-refractivity contribution in [3.8, 4) is 0 Å². The van der Waals surface area contributed by atoms with E-state index in [-0.39, 0.29) is 13.0 Å². The van der Waals surface area contributed by atoms with E-state index in [1.807, 2.05) is 0 Å². The Balaban J connectivity index is 2.18. The van der Waals surface area contributed by atoms with Gasteiger partial charge in [-0.2, -0.15) is 21.6 Å². The van der Waals surface area contributed by atoms with E-state index in [0.717, 1.165) is 5.56 Å². The smallest absolute Gasteiger partial charge is 0.459 e. The van der Waals surface area contributed by atoms with Crippen LogP contribution < -0.4 is 0 Å². The molecule has 0 saturated carbocycles. The van der Waals surface area contributed by atoms with Crippen LogP contribution in [0.25, 0.3) is 0 Å². The minimum atomic E-state index is -5.96. The van der Waals surface area contributed by atoms with E-state index in [1.54, 1.807) is 61.5 Å². The first-order valence-electron chi connectivity index (χ1n) is 7.84. The maximum atomic E-state index is 12.6. The number of carbonyl (C=O) groups excluding carboxylic acids is 1. The van der Waals surface area contributed by atoms with Crippen molar-refractivity contribution < 1.29 is 35.3 Å². The zero-order valence-corrected chi connectivity index (χ0v) is 15.1. The first-order chi connectivity index (χ1) is 12.6. The Kier molecular flexibility index (Phi) is 6.61. The van der Waals surface area contributed by atoms with Gasteiger partial charge in [-0.15, -0.1) is 0 Å². The minimum absolute atomic E-state index is 0.223. The first-order valence-corrected chi connectivity index (χ1v) is 9.25. The Bertz CT molecular complexity index is 879. The molecule has 27 heavy (non-hydrogen) atoms. The fourth-order valence-corrected chi connectivity index (χ4v) is 2.80. The van der Waals surface area contributed by atoms with Gasteiger partial charge in [0.2, 0.25) is 0 Å². The van der Waals surface area contributed by atoms with Gasteiger partial charge in [0.15, 0.2) is 6.10 Å². The van der Waals surface area contributed by atoms with Crippen molar-refractivity contribution >= 4 is 16.1 Å². The Morgan fingerprint density at radius 2 is 1.67 bits per heavy atom. The summed E-state index contributed by atoms with van der Waals surface area (Å²) in [5, 5.41) is 0. The predicted octanol–water partition coefficient (Wildman–Crippen LogP) is 3.52. The minimum Gasteiger partial charge on any atom is -0.459 e. The number of esters is 1. The van der Waals surface area contributed by atoms with E-state index < -0.39 is 27.7 Å². The van der Waals surface area contributed by atoms with Crippen molar-refractivity contribution in [2.75, 3.05) is 0 Å². The van der Waals surface area contributed by atoms with E-state index >= 15 is 0 Å². The molecule has 0 spiro atoms. The molecular formula is C18H17F3O5S. The largest absolute Gasteiger partial charge is 0.523 e. The number of alkyl halides is 3. The Morgan fingerprint density at radius 1 is 1.04 bits per heavy atom. The zero-order valence-electron chi connectivity index (χ0n) is 14.3. The third-order valence-corrected chi connectivity index (χ3v) is 4.57. The second-order valence-electron chi connectivity index (χ2n) is 5.77. The summed E-state index contributed by atoms with van der Waals surface area (Å²) in [6, 6.07) is 15.0. The van der Waals surface area contributed by atoms with Crippen LogP contribution in [0, 0.1) is 6.92 Å². The maximum absolute atomic E-state index is 12.6. The third kappa shape index (κ3) is 6.07. The number of aryl methyl sites for hydroxylation is 1. The number of benzene rings is 2. The highest BCUT2D eigenvalue weighted by Crippen LogP contribution is 2.27. The molecule has 146 valence electrons. The topological polar surface area (TPSA) is 69.7 Å². The summed E-state index contributed by atoms with van der Waals surface area (Å²) in [6.07, 6.45) is -2.34. The van der Waals surface area contributed by atoms with E-state index in [0.29, 0.717) is 11.1 Å². The molecule has 2 aromatic carbocycles. The fourth-order valence-electron chi connectivity index (χ4n) is 2.24. The first kappa shape index (κ1) is 20.9. The van der Waals surface area contributed by atoms with Gasteiger partial charge in [-0.05, 0) is 18.1 Å². The lowest BCUT2D eigenvalue weighted by Crippen LogP contribution is -2.36. The van der Waals surface area contributed by atoms with Gasteiger partial charge in [0.25, 0.3) is 0 Å². The normalized spacial score (nSPS) is 13.2. The van der Waals surface area contributed by atoms with Crippen LogP contribution in [0.1, 0.15) is 16.7 Å². The van der Waals surface area contributed by atoms with Gasteiger partial charge in [0.1, 0.15) is 6.61 Å². The lowest BCUT2D eigenvalue weighted by molar-refractivity contribution is -0.153. The summed E-state index contributed by atoms with van der Waals surface area (Å²) in [7, 11) is -5.96. The number of halogens is 3. The molecule has 2 rings (SSSR count). The van der Waals surface area contributed by atoms with Crippen molar-refractivity contribution in [2.24, 2.45) is 0 Å². The summed E-state index contributed by atoms with van der Waals surface area (Å²) < 4.78 is 69.7. The molecule has 0 aliphatic carbocycles. The number of ether oxygens (including phenoxy) is 1. The highest BCUT2D eigenvalue weighted by atomic mass is 32.2. The van der Waals surface area contributed by atoms with E-state index in [9.17, 15) is 26.4 Å². The highest BCUT2D eigenvalue weighted by Gasteiger charge is 2.49. The van der Waals surface area contributed by atoms with Gasteiger partial charge in [0, 0.05) is 6.42 Å². The second kappa shape index (κ2) is 8.53. The second-order valence-corrected chi connectivity index (χ2v) is 7.33. The van der Waals surface area contributed by atoms with Crippen LogP contribution in [-0.4, -0.2) is 26.0 Å². The molecule has 1 unspecified atom stereocenters. The average molecular weight is 402 g/mol. The van der Waals surface area contributed by atoms with Crippen molar-refractivity contribution in [3.63, 3.8) is 0 Å². The molecule has 9 heteroatoms. The van der Waals surface area contributed by atoms with Gasteiger partial charge < -0.3 is 4.74 Å². The van der Waals surface area contributed by atoms with Crippen LogP contribution in [0.5, 0.6) is 0 Å². The Morgan fingerprint density at radius 3 is 2.26 bits per heavy atom. The van der Waals surface area contributed by atoms with Gasteiger partial charge in [-0.25, -0.2) is 8.98 Å². The average Bonchev–Trinajstić information content (AvgIpc) is 2.59. The monoisotopic (exact) mass is 402 g/mol. The molecule has 0 N–H and O–H groups in total. The maximum Gasteiger partial charge on any atom is 0.523 e. The van der Waals surface area contributed by atoms with Crippen LogP contribution in [0.3, 0.4) is 0 Å². The fraction of sp³-hybridized carbons (Fsp3) is 0.278. The van der Waals surface area contributed by atoms with Crippen molar-refractivity contribution in [2.45, 2.75) is 31.6 Å². The van der Waals surface area contributed by atoms with Crippen LogP contribution in [0.2, 0.25) is 0 Å². The molecule has 0 heterocycles.